The molecule has 0 aromatic heterocycles. The van der Waals surface area contributed by atoms with E-state index in [1.807, 2.05) is 17.0 Å². The van der Waals surface area contributed by atoms with Crippen LogP contribution in [0, 0.1) is 0 Å². The quantitative estimate of drug-likeness (QED) is 0.917. The van der Waals surface area contributed by atoms with Crippen molar-refractivity contribution in [3.8, 4) is 0 Å². The van der Waals surface area contributed by atoms with Crippen LogP contribution >= 0.6 is 11.8 Å². The van der Waals surface area contributed by atoms with Gasteiger partial charge in [0.1, 0.15) is 0 Å². The van der Waals surface area contributed by atoms with Crippen LogP contribution in [0.5, 0.6) is 0 Å². The first-order chi connectivity index (χ1) is 11.2. The Morgan fingerprint density at radius 2 is 1.87 bits per heavy atom. The van der Waals surface area contributed by atoms with Crippen LogP contribution in [-0.2, 0) is 5.75 Å². The molecule has 4 nitrogen and oxygen atoms in total. The minimum atomic E-state index is -0.179. The lowest BCUT2D eigenvalue weighted by atomic mass is 10.1. The predicted molar refractivity (Wildman–Crippen MR) is 94.8 cm³/mol. The van der Waals surface area contributed by atoms with Crippen molar-refractivity contribution in [3.63, 3.8) is 0 Å². The maximum Gasteiger partial charge on any atom is 0.253 e. The van der Waals surface area contributed by atoms with Crippen molar-refractivity contribution in [2.45, 2.75) is 37.2 Å². The Balaban J connectivity index is 1.55. The molecule has 1 saturated carbocycles. The van der Waals surface area contributed by atoms with Gasteiger partial charge in [-0.25, -0.2) is 0 Å². The van der Waals surface area contributed by atoms with Crippen molar-refractivity contribution in [2.75, 3.05) is 32.4 Å². The molecule has 3 rings (SSSR count). The Morgan fingerprint density at radius 1 is 1.17 bits per heavy atom. The minimum absolute atomic E-state index is 0.132. The van der Waals surface area contributed by atoms with E-state index in [4.69, 9.17) is 0 Å². The van der Waals surface area contributed by atoms with E-state index in [-0.39, 0.29) is 12.0 Å². The number of nitrogens with zero attached hydrogens (tertiary/aromatic N) is 2. The van der Waals surface area contributed by atoms with Crippen LogP contribution < -0.4 is 0 Å². The largest absolute Gasteiger partial charge is 0.391 e. The summed E-state index contributed by atoms with van der Waals surface area (Å²) >= 11 is 1.79. The third-order valence-electron chi connectivity index (χ3n) is 5.03. The average molecular weight is 334 g/mol. The van der Waals surface area contributed by atoms with Crippen LogP contribution in [0.3, 0.4) is 0 Å². The van der Waals surface area contributed by atoms with E-state index in [0.717, 1.165) is 56.8 Å². The molecule has 126 valence electrons. The Kier molecular flexibility index (Phi) is 5.62. The molecular weight excluding hydrogens is 308 g/mol. The van der Waals surface area contributed by atoms with Crippen molar-refractivity contribution in [1.29, 1.82) is 0 Å². The summed E-state index contributed by atoms with van der Waals surface area (Å²) in [6.45, 7) is 3.26. The number of benzene rings is 1. The molecule has 0 spiro atoms. The number of aliphatic hydroxyl groups excluding tert-OH is 1. The number of aliphatic hydroxyl groups is 1. The van der Waals surface area contributed by atoms with Crippen LogP contribution in [0.15, 0.2) is 24.3 Å². The standard InChI is InChI=1S/C18H26N2O2S/c1-23-13-14-5-7-15(8-6-14)18(22)20-11-9-19(10-12-20)16-3-2-4-17(16)21/h5-8,16-17,21H,2-4,9-13H2,1H3. The van der Waals surface area contributed by atoms with Gasteiger partial charge in [0.2, 0.25) is 0 Å². The number of hydrogen-bond acceptors (Lipinski definition) is 4. The Bertz CT molecular complexity index is 526. The van der Waals surface area contributed by atoms with Gasteiger partial charge in [-0.3, -0.25) is 9.69 Å². The number of carbonyl (C=O) groups excluding carboxylic acids is 1. The zero-order chi connectivity index (χ0) is 16.2. The van der Waals surface area contributed by atoms with Crippen LogP contribution in [0.1, 0.15) is 35.2 Å². The summed E-state index contributed by atoms with van der Waals surface area (Å²) in [4.78, 5) is 16.9. The van der Waals surface area contributed by atoms with Crippen molar-refractivity contribution >= 4 is 17.7 Å². The summed E-state index contributed by atoms with van der Waals surface area (Å²) in [5.41, 5.74) is 2.04. The van der Waals surface area contributed by atoms with Gasteiger partial charge in [0.05, 0.1) is 6.10 Å². The predicted octanol–water partition coefficient (Wildman–Crippen LogP) is 2.22. The second-order valence-electron chi connectivity index (χ2n) is 6.52. The molecule has 1 N–H and O–H groups in total. The molecule has 1 heterocycles. The first-order valence-corrected chi connectivity index (χ1v) is 9.87. The summed E-state index contributed by atoms with van der Waals surface area (Å²) < 4.78 is 0. The molecule has 23 heavy (non-hydrogen) atoms. The molecule has 0 radical (unpaired) electrons. The highest BCUT2D eigenvalue weighted by molar-refractivity contribution is 7.97. The van der Waals surface area contributed by atoms with Crippen molar-refractivity contribution in [2.24, 2.45) is 0 Å². The van der Waals surface area contributed by atoms with Gasteiger partial charge in [0.15, 0.2) is 0 Å². The number of thioether (sulfide) groups is 1. The molecule has 1 amide bonds. The third kappa shape index (κ3) is 3.90. The van der Waals surface area contributed by atoms with Gasteiger partial charge < -0.3 is 10.0 Å². The highest BCUT2D eigenvalue weighted by atomic mass is 32.2. The first-order valence-electron chi connectivity index (χ1n) is 8.48. The van der Waals surface area contributed by atoms with Crippen LogP contribution in [0.4, 0.5) is 0 Å². The molecule has 1 aromatic rings. The van der Waals surface area contributed by atoms with Crippen molar-refractivity contribution in [1.82, 2.24) is 9.80 Å². The molecule has 1 aromatic carbocycles. The molecule has 2 fully saturated rings. The van der Waals surface area contributed by atoms with Gasteiger partial charge in [0, 0.05) is 43.5 Å². The molecule has 2 unspecified atom stereocenters. The summed E-state index contributed by atoms with van der Waals surface area (Å²) in [6.07, 6.45) is 5.03. The van der Waals surface area contributed by atoms with Crippen molar-refractivity contribution in [3.05, 3.63) is 35.4 Å². The minimum Gasteiger partial charge on any atom is -0.391 e. The van der Waals surface area contributed by atoms with E-state index in [1.54, 1.807) is 11.8 Å². The maximum absolute atomic E-state index is 12.6. The number of hydrogen-bond donors (Lipinski definition) is 1. The van der Waals surface area contributed by atoms with E-state index >= 15 is 0 Å². The normalized spacial score (nSPS) is 25.7. The summed E-state index contributed by atoms with van der Waals surface area (Å²) in [6, 6.07) is 8.30. The lowest BCUT2D eigenvalue weighted by Gasteiger charge is -2.39. The van der Waals surface area contributed by atoms with Gasteiger partial charge >= 0.3 is 0 Å². The van der Waals surface area contributed by atoms with Crippen LogP contribution in [0.2, 0.25) is 0 Å². The monoisotopic (exact) mass is 334 g/mol. The van der Waals surface area contributed by atoms with Gasteiger partial charge in [-0.05, 0) is 43.2 Å². The number of piperazine rings is 1. The molecule has 2 atom stereocenters. The fourth-order valence-corrected chi connectivity index (χ4v) is 4.22. The molecular formula is C18H26N2O2S. The highest BCUT2D eigenvalue weighted by Gasteiger charge is 2.33. The smallest absolute Gasteiger partial charge is 0.253 e. The summed E-state index contributed by atoms with van der Waals surface area (Å²) in [5, 5.41) is 10.0. The topological polar surface area (TPSA) is 43.8 Å². The van der Waals surface area contributed by atoms with E-state index in [1.165, 1.54) is 5.56 Å². The Morgan fingerprint density at radius 3 is 2.43 bits per heavy atom. The molecule has 1 aliphatic carbocycles. The van der Waals surface area contributed by atoms with E-state index < -0.39 is 0 Å². The highest BCUT2D eigenvalue weighted by Crippen LogP contribution is 2.25. The van der Waals surface area contributed by atoms with Gasteiger partial charge in [-0.2, -0.15) is 11.8 Å². The lowest BCUT2D eigenvalue weighted by Crippen LogP contribution is -2.53. The molecule has 5 heteroatoms. The van der Waals surface area contributed by atoms with E-state index in [9.17, 15) is 9.90 Å². The lowest BCUT2D eigenvalue weighted by molar-refractivity contribution is 0.0315. The Hall–Kier alpha value is -1.04. The fourth-order valence-electron chi connectivity index (χ4n) is 3.70. The molecule has 1 aliphatic heterocycles. The average Bonchev–Trinajstić information content (AvgIpc) is 3.01. The first kappa shape index (κ1) is 16.8. The number of amides is 1. The number of rotatable bonds is 4. The van der Waals surface area contributed by atoms with E-state index in [0.29, 0.717) is 6.04 Å². The third-order valence-corrected chi connectivity index (χ3v) is 5.65. The van der Waals surface area contributed by atoms with Crippen molar-refractivity contribution < 1.29 is 9.90 Å². The van der Waals surface area contributed by atoms with Crippen LogP contribution in [0.25, 0.3) is 0 Å². The zero-order valence-corrected chi connectivity index (χ0v) is 14.6. The maximum atomic E-state index is 12.6. The summed E-state index contributed by atoms with van der Waals surface area (Å²) in [7, 11) is 0. The van der Waals surface area contributed by atoms with E-state index in [2.05, 4.69) is 23.3 Å². The van der Waals surface area contributed by atoms with Gasteiger partial charge in [-0.1, -0.05) is 12.1 Å². The molecule has 0 bridgehead atoms. The fraction of sp³-hybridized carbons (Fsp3) is 0.611. The van der Waals surface area contributed by atoms with Crippen LogP contribution in [-0.4, -0.2) is 65.4 Å². The second kappa shape index (κ2) is 7.69. The number of carbonyl (C=O) groups is 1. The zero-order valence-electron chi connectivity index (χ0n) is 13.8. The SMILES string of the molecule is CSCc1ccc(C(=O)N2CCN(C3CCCC3O)CC2)cc1. The van der Waals surface area contributed by atoms with Gasteiger partial charge in [-0.15, -0.1) is 0 Å². The molecule has 2 aliphatic rings. The van der Waals surface area contributed by atoms with Gasteiger partial charge in [0.25, 0.3) is 5.91 Å². The Labute approximate surface area is 142 Å². The summed E-state index contributed by atoms with van der Waals surface area (Å²) in [5.74, 6) is 1.11. The second-order valence-corrected chi connectivity index (χ2v) is 7.39. The molecule has 1 saturated heterocycles.